The summed E-state index contributed by atoms with van der Waals surface area (Å²) in [6.45, 7) is 0.796. The predicted octanol–water partition coefficient (Wildman–Crippen LogP) is 2.92. The average Bonchev–Trinajstić information content (AvgIpc) is 2.97. The van der Waals surface area contributed by atoms with Gasteiger partial charge in [-0.3, -0.25) is 0 Å². The van der Waals surface area contributed by atoms with Crippen molar-refractivity contribution in [3.8, 4) is 17.9 Å². The summed E-state index contributed by atoms with van der Waals surface area (Å²) in [6, 6.07) is 14.7. The zero-order valence-electron chi connectivity index (χ0n) is 12.0. The Balaban J connectivity index is 1.76. The number of anilines is 1. The van der Waals surface area contributed by atoms with E-state index in [2.05, 4.69) is 22.9 Å². The van der Waals surface area contributed by atoms with Crippen molar-refractivity contribution in [2.45, 2.75) is 12.1 Å². The van der Waals surface area contributed by atoms with E-state index in [1.807, 2.05) is 23.1 Å². The second-order valence-corrected chi connectivity index (χ2v) is 5.26. The Labute approximate surface area is 129 Å². The Bertz CT molecular complexity index is 770. The summed E-state index contributed by atoms with van der Waals surface area (Å²) < 4.78 is 14.8. The standard InChI is InChI=1S/C18H14FN3/c19-18(8-7-16-5-1-2-10-21-16)9-11-22(14-18)17-6-3-4-15(12-17)13-20/h1-6,10,12H,9,11,14H2. The molecule has 1 aliphatic rings. The van der Waals surface area contributed by atoms with Gasteiger partial charge >= 0.3 is 0 Å². The number of nitrogens with zero attached hydrogens (tertiary/aromatic N) is 3. The Morgan fingerprint density at radius 2 is 2.14 bits per heavy atom. The highest BCUT2D eigenvalue weighted by Crippen LogP contribution is 2.29. The molecule has 0 amide bonds. The fraction of sp³-hybridized carbons (Fsp3) is 0.222. The van der Waals surface area contributed by atoms with Gasteiger partial charge in [0.15, 0.2) is 5.67 Å². The van der Waals surface area contributed by atoms with E-state index >= 15 is 0 Å². The fourth-order valence-corrected chi connectivity index (χ4v) is 2.48. The number of aromatic nitrogens is 1. The van der Waals surface area contributed by atoms with Crippen LogP contribution in [0.25, 0.3) is 0 Å². The van der Waals surface area contributed by atoms with Gasteiger partial charge in [-0.15, -0.1) is 0 Å². The second-order valence-electron chi connectivity index (χ2n) is 5.26. The molecular formula is C18H14FN3. The van der Waals surface area contributed by atoms with Crippen LogP contribution < -0.4 is 4.90 Å². The minimum atomic E-state index is -1.54. The molecule has 1 aromatic carbocycles. The van der Waals surface area contributed by atoms with E-state index in [1.54, 1.807) is 30.5 Å². The molecule has 1 aliphatic heterocycles. The molecule has 3 rings (SSSR count). The van der Waals surface area contributed by atoms with Gasteiger partial charge in [0.2, 0.25) is 0 Å². The highest BCUT2D eigenvalue weighted by molar-refractivity contribution is 5.53. The van der Waals surface area contributed by atoms with Crippen LogP contribution in [-0.4, -0.2) is 23.7 Å². The minimum absolute atomic E-state index is 0.210. The summed E-state index contributed by atoms with van der Waals surface area (Å²) in [7, 11) is 0. The number of rotatable bonds is 1. The number of halogens is 1. The van der Waals surface area contributed by atoms with Crippen LogP contribution in [0.1, 0.15) is 17.7 Å². The van der Waals surface area contributed by atoms with Crippen molar-refractivity contribution < 1.29 is 4.39 Å². The molecule has 22 heavy (non-hydrogen) atoms. The van der Waals surface area contributed by atoms with Crippen molar-refractivity contribution in [2.75, 3.05) is 18.0 Å². The maximum Gasteiger partial charge on any atom is 0.190 e. The summed E-state index contributed by atoms with van der Waals surface area (Å²) in [4.78, 5) is 6.01. The normalized spacial score (nSPS) is 20.1. The molecule has 0 radical (unpaired) electrons. The molecule has 0 bridgehead atoms. The molecule has 1 unspecified atom stereocenters. The molecule has 1 fully saturated rings. The van der Waals surface area contributed by atoms with Gasteiger partial charge in [0.1, 0.15) is 5.69 Å². The first-order valence-corrected chi connectivity index (χ1v) is 7.07. The molecule has 2 heterocycles. The quantitative estimate of drug-likeness (QED) is 0.758. The number of hydrogen-bond donors (Lipinski definition) is 0. The molecule has 1 atom stereocenters. The van der Waals surface area contributed by atoms with E-state index in [0.717, 1.165) is 5.69 Å². The lowest BCUT2D eigenvalue weighted by molar-refractivity contribution is 0.274. The zero-order chi connectivity index (χ0) is 15.4. The van der Waals surface area contributed by atoms with Crippen molar-refractivity contribution in [1.29, 1.82) is 5.26 Å². The van der Waals surface area contributed by atoms with Crippen molar-refractivity contribution in [3.63, 3.8) is 0 Å². The molecule has 2 aromatic rings. The second kappa shape index (κ2) is 5.87. The summed E-state index contributed by atoms with van der Waals surface area (Å²) in [5, 5.41) is 8.95. The molecule has 3 nitrogen and oxygen atoms in total. The average molecular weight is 291 g/mol. The largest absolute Gasteiger partial charge is 0.367 e. The highest BCUT2D eigenvalue weighted by Gasteiger charge is 2.37. The number of alkyl halides is 1. The van der Waals surface area contributed by atoms with Crippen molar-refractivity contribution in [1.82, 2.24) is 4.98 Å². The van der Waals surface area contributed by atoms with Crippen molar-refractivity contribution in [2.24, 2.45) is 0 Å². The van der Waals surface area contributed by atoms with Gasteiger partial charge in [-0.2, -0.15) is 5.26 Å². The number of nitriles is 1. The smallest absolute Gasteiger partial charge is 0.190 e. The lowest BCUT2D eigenvalue weighted by atomic mass is 10.1. The van der Waals surface area contributed by atoms with Crippen LogP contribution in [0.3, 0.4) is 0 Å². The first kappa shape index (κ1) is 14.1. The Morgan fingerprint density at radius 1 is 1.23 bits per heavy atom. The van der Waals surface area contributed by atoms with Crippen LogP contribution in [0.2, 0.25) is 0 Å². The monoisotopic (exact) mass is 291 g/mol. The van der Waals surface area contributed by atoms with Crippen LogP contribution >= 0.6 is 0 Å². The molecule has 1 aromatic heterocycles. The van der Waals surface area contributed by atoms with Gasteiger partial charge in [0.25, 0.3) is 0 Å². The van der Waals surface area contributed by atoms with Crippen LogP contribution in [0, 0.1) is 23.2 Å². The summed E-state index contributed by atoms with van der Waals surface area (Å²) in [5.74, 6) is 5.52. The molecule has 0 saturated carbocycles. The first-order valence-electron chi connectivity index (χ1n) is 7.07. The van der Waals surface area contributed by atoms with Gasteiger partial charge in [-0.1, -0.05) is 18.1 Å². The Hall–Kier alpha value is -2.85. The van der Waals surface area contributed by atoms with Gasteiger partial charge in [-0.25, -0.2) is 9.37 Å². The third-order valence-corrected chi connectivity index (χ3v) is 3.64. The van der Waals surface area contributed by atoms with Crippen molar-refractivity contribution >= 4 is 5.69 Å². The number of hydrogen-bond acceptors (Lipinski definition) is 3. The van der Waals surface area contributed by atoms with Crippen LogP contribution in [0.5, 0.6) is 0 Å². The molecule has 0 aliphatic carbocycles. The van der Waals surface area contributed by atoms with E-state index in [0.29, 0.717) is 24.2 Å². The van der Waals surface area contributed by atoms with E-state index in [4.69, 9.17) is 5.26 Å². The van der Waals surface area contributed by atoms with E-state index in [9.17, 15) is 4.39 Å². The van der Waals surface area contributed by atoms with Gasteiger partial charge in [0, 0.05) is 24.8 Å². The Morgan fingerprint density at radius 3 is 2.91 bits per heavy atom. The third kappa shape index (κ3) is 3.07. The molecule has 0 spiro atoms. The van der Waals surface area contributed by atoms with E-state index < -0.39 is 5.67 Å². The number of pyridine rings is 1. The lowest BCUT2D eigenvalue weighted by Crippen LogP contribution is -2.27. The van der Waals surface area contributed by atoms with Crippen LogP contribution in [-0.2, 0) is 0 Å². The predicted molar refractivity (Wildman–Crippen MR) is 82.9 cm³/mol. The summed E-state index contributed by atoms with van der Waals surface area (Å²) in [5.41, 5.74) is 0.469. The summed E-state index contributed by atoms with van der Waals surface area (Å²) >= 11 is 0. The number of benzene rings is 1. The molecule has 108 valence electrons. The van der Waals surface area contributed by atoms with E-state index in [-0.39, 0.29) is 6.54 Å². The van der Waals surface area contributed by atoms with Gasteiger partial charge < -0.3 is 4.90 Å². The molecular weight excluding hydrogens is 277 g/mol. The van der Waals surface area contributed by atoms with Gasteiger partial charge in [0.05, 0.1) is 18.2 Å². The fourth-order valence-electron chi connectivity index (χ4n) is 2.48. The van der Waals surface area contributed by atoms with Crippen LogP contribution in [0.4, 0.5) is 10.1 Å². The minimum Gasteiger partial charge on any atom is -0.367 e. The molecule has 4 heteroatoms. The third-order valence-electron chi connectivity index (χ3n) is 3.64. The van der Waals surface area contributed by atoms with Crippen LogP contribution in [0.15, 0.2) is 48.7 Å². The van der Waals surface area contributed by atoms with E-state index in [1.165, 1.54) is 0 Å². The van der Waals surface area contributed by atoms with Crippen molar-refractivity contribution in [3.05, 3.63) is 59.9 Å². The maximum atomic E-state index is 14.8. The summed E-state index contributed by atoms with van der Waals surface area (Å²) in [6.07, 6.45) is 1.99. The van der Waals surface area contributed by atoms with Gasteiger partial charge in [-0.05, 0) is 36.3 Å². The first-order chi connectivity index (χ1) is 10.7. The maximum absolute atomic E-state index is 14.8. The Kier molecular flexibility index (Phi) is 3.76. The zero-order valence-corrected chi connectivity index (χ0v) is 12.0. The topological polar surface area (TPSA) is 39.9 Å². The SMILES string of the molecule is N#Cc1cccc(N2CCC(F)(C#Cc3ccccn3)C2)c1. The molecule has 0 N–H and O–H groups in total. The molecule has 1 saturated heterocycles. The lowest BCUT2D eigenvalue weighted by Gasteiger charge is -2.19. The highest BCUT2D eigenvalue weighted by atomic mass is 19.1.